The molecule has 0 amide bonds. The lowest BCUT2D eigenvalue weighted by Crippen LogP contribution is -2.14. The SMILES string of the molecule is CC=CC.CCCOC(=O)CC(=O)OCCC. The van der Waals surface area contributed by atoms with Gasteiger partial charge in [-0.25, -0.2) is 0 Å². The van der Waals surface area contributed by atoms with E-state index in [9.17, 15) is 9.59 Å². The van der Waals surface area contributed by atoms with Gasteiger partial charge in [0, 0.05) is 0 Å². The van der Waals surface area contributed by atoms with E-state index in [0.717, 1.165) is 12.8 Å². The molecule has 0 fully saturated rings. The molecule has 0 aliphatic carbocycles. The predicted molar refractivity (Wildman–Crippen MR) is 67.6 cm³/mol. The fraction of sp³-hybridized carbons (Fsp3) is 0.692. The molecule has 0 rings (SSSR count). The van der Waals surface area contributed by atoms with Crippen LogP contribution in [-0.4, -0.2) is 25.2 Å². The number of carbonyl (C=O) groups excluding carboxylic acids is 2. The summed E-state index contributed by atoms with van der Waals surface area (Å²) < 4.78 is 9.40. The molecule has 0 heterocycles. The highest BCUT2D eigenvalue weighted by molar-refractivity contribution is 5.91. The summed E-state index contributed by atoms with van der Waals surface area (Å²) in [4.78, 5) is 21.7. The molecule has 0 spiro atoms. The number of esters is 2. The molecule has 4 heteroatoms. The Hall–Kier alpha value is -1.32. The molecule has 0 aromatic rings. The van der Waals surface area contributed by atoms with Crippen molar-refractivity contribution in [3.63, 3.8) is 0 Å². The summed E-state index contributed by atoms with van der Waals surface area (Å²) in [6.07, 6.45) is 5.24. The first-order valence-electron chi connectivity index (χ1n) is 6.00. The Morgan fingerprint density at radius 1 is 0.882 bits per heavy atom. The Labute approximate surface area is 104 Å². The first-order chi connectivity index (χ1) is 8.12. The monoisotopic (exact) mass is 244 g/mol. The summed E-state index contributed by atoms with van der Waals surface area (Å²) >= 11 is 0. The molecule has 0 aliphatic rings. The number of rotatable bonds is 6. The van der Waals surface area contributed by atoms with Crippen molar-refractivity contribution in [2.45, 2.75) is 47.0 Å². The van der Waals surface area contributed by atoms with Crippen molar-refractivity contribution >= 4 is 11.9 Å². The van der Waals surface area contributed by atoms with Gasteiger partial charge in [-0.3, -0.25) is 9.59 Å². The third-order valence-corrected chi connectivity index (χ3v) is 1.56. The first-order valence-corrected chi connectivity index (χ1v) is 6.00. The molecule has 100 valence electrons. The van der Waals surface area contributed by atoms with Gasteiger partial charge in [0.1, 0.15) is 6.42 Å². The lowest BCUT2D eigenvalue weighted by Gasteiger charge is -2.03. The molecule has 0 radical (unpaired) electrons. The van der Waals surface area contributed by atoms with Crippen LogP contribution in [0.1, 0.15) is 47.0 Å². The van der Waals surface area contributed by atoms with E-state index in [1.807, 2.05) is 39.8 Å². The minimum Gasteiger partial charge on any atom is -0.465 e. The number of ether oxygens (including phenoxy) is 2. The maximum Gasteiger partial charge on any atom is 0.317 e. The van der Waals surface area contributed by atoms with Gasteiger partial charge in [-0.05, 0) is 26.7 Å². The number of hydrogen-bond acceptors (Lipinski definition) is 4. The quantitative estimate of drug-likeness (QED) is 0.409. The minimum atomic E-state index is -0.511. The number of carbonyl (C=O) groups is 2. The summed E-state index contributed by atoms with van der Waals surface area (Å²) in [5, 5.41) is 0. The van der Waals surface area contributed by atoms with Crippen molar-refractivity contribution in [1.82, 2.24) is 0 Å². The summed E-state index contributed by atoms with van der Waals surface area (Å²) in [6.45, 7) is 8.51. The number of allylic oxidation sites excluding steroid dienone is 2. The van der Waals surface area contributed by atoms with E-state index in [2.05, 4.69) is 0 Å². The van der Waals surface area contributed by atoms with Crippen LogP contribution in [-0.2, 0) is 19.1 Å². The fourth-order valence-corrected chi connectivity index (χ4v) is 0.652. The summed E-state index contributed by atoms with van der Waals surface area (Å²) in [5.74, 6) is -1.02. The van der Waals surface area contributed by atoms with E-state index in [-0.39, 0.29) is 6.42 Å². The molecule has 0 N–H and O–H groups in total. The average molecular weight is 244 g/mol. The topological polar surface area (TPSA) is 52.6 Å². The summed E-state index contributed by atoms with van der Waals surface area (Å²) in [6, 6.07) is 0. The van der Waals surface area contributed by atoms with Gasteiger partial charge < -0.3 is 9.47 Å². The first kappa shape index (κ1) is 18.1. The van der Waals surface area contributed by atoms with Gasteiger partial charge >= 0.3 is 11.9 Å². The van der Waals surface area contributed by atoms with Crippen LogP contribution in [0.2, 0.25) is 0 Å². The van der Waals surface area contributed by atoms with Crippen molar-refractivity contribution in [3.05, 3.63) is 12.2 Å². The Morgan fingerprint density at radius 3 is 1.47 bits per heavy atom. The molecule has 0 saturated heterocycles. The molecular formula is C13H24O4. The van der Waals surface area contributed by atoms with Crippen LogP contribution >= 0.6 is 0 Å². The van der Waals surface area contributed by atoms with Gasteiger partial charge in [-0.1, -0.05) is 26.0 Å². The van der Waals surface area contributed by atoms with E-state index in [1.54, 1.807) is 0 Å². The van der Waals surface area contributed by atoms with Gasteiger partial charge in [-0.2, -0.15) is 0 Å². The van der Waals surface area contributed by atoms with E-state index in [0.29, 0.717) is 13.2 Å². The smallest absolute Gasteiger partial charge is 0.317 e. The van der Waals surface area contributed by atoms with E-state index in [1.165, 1.54) is 0 Å². The molecule has 4 nitrogen and oxygen atoms in total. The van der Waals surface area contributed by atoms with Crippen LogP contribution < -0.4 is 0 Å². The molecule has 0 aromatic heterocycles. The largest absolute Gasteiger partial charge is 0.465 e. The van der Waals surface area contributed by atoms with Crippen molar-refractivity contribution < 1.29 is 19.1 Å². The van der Waals surface area contributed by atoms with E-state index in [4.69, 9.17) is 9.47 Å². The molecule has 0 bridgehead atoms. The van der Waals surface area contributed by atoms with Crippen LogP contribution in [0.25, 0.3) is 0 Å². The molecule has 0 aliphatic heterocycles. The van der Waals surface area contributed by atoms with Gasteiger partial charge in [0.05, 0.1) is 13.2 Å². The lowest BCUT2D eigenvalue weighted by atomic mass is 10.4. The van der Waals surface area contributed by atoms with E-state index >= 15 is 0 Å². The highest BCUT2D eigenvalue weighted by Gasteiger charge is 2.10. The molecular weight excluding hydrogens is 220 g/mol. The van der Waals surface area contributed by atoms with Crippen LogP contribution in [0.15, 0.2) is 12.2 Å². The molecule has 17 heavy (non-hydrogen) atoms. The molecule has 0 atom stereocenters. The highest BCUT2D eigenvalue weighted by Crippen LogP contribution is 1.92. The third-order valence-electron chi connectivity index (χ3n) is 1.56. The lowest BCUT2D eigenvalue weighted by molar-refractivity contribution is -0.154. The standard InChI is InChI=1S/C9H16O4.C4H8/c1-3-5-12-8(10)7-9(11)13-6-4-2;1-3-4-2/h3-7H2,1-2H3;3-4H,1-2H3. The Balaban J connectivity index is 0. The predicted octanol–water partition coefficient (Wildman–Crippen LogP) is 2.87. The maximum atomic E-state index is 10.9. The van der Waals surface area contributed by atoms with Crippen LogP contribution in [0.5, 0.6) is 0 Å². The zero-order chi connectivity index (χ0) is 13.5. The fourth-order valence-electron chi connectivity index (χ4n) is 0.652. The van der Waals surface area contributed by atoms with Crippen LogP contribution in [0, 0.1) is 0 Å². The minimum absolute atomic E-state index is 0.278. The van der Waals surface area contributed by atoms with Crippen molar-refractivity contribution in [1.29, 1.82) is 0 Å². The van der Waals surface area contributed by atoms with Gasteiger partial charge in [-0.15, -0.1) is 0 Å². The van der Waals surface area contributed by atoms with Crippen LogP contribution in [0.3, 0.4) is 0 Å². The zero-order valence-corrected chi connectivity index (χ0v) is 11.3. The van der Waals surface area contributed by atoms with Crippen molar-refractivity contribution in [2.24, 2.45) is 0 Å². The number of hydrogen-bond donors (Lipinski definition) is 0. The normalized spacial score (nSPS) is 9.41. The second kappa shape index (κ2) is 14.7. The van der Waals surface area contributed by atoms with Gasteiger partial charge in [0.25, 0.3) is 0 Å². The van der Waals surface area contributed by atoms with Crippen molar-refractivity contribution in [3.8, 4) is 0 Å². The summed E-state index contributed by atoms with van der Waals surface area (Å²) in [5.41, 5.74) is 0. The van der Waals surface area contributed by atoms with E-state index < -0.39 is 11.9 Å². The average Bonchev–Trinajstić information content (AvgIpc) is 2.34. The maximum absolute atomic E-state index is 10.9. The summed E-state index contributed by atoms with van der Waals surface area (Å²) in [7, 11) is 0. The highest BCUT2D eigenvalue weighted by atomic mass is 16.6. The van der Waals surface area contributed by atoms with Gasteiger partial charge in [0.15, 0.2) is 0 Å². The van der Waals surface area contributed by atoms with Gasteiger partial charge in [0.2, 0.25) is 0 Å². The molecule has 0 aromatic carbocycles. The molecule has 0 saturated carbocycles. The third kappa shape index (κ3) is 17.3. The Morgan fingerprint density at radius 2 is 1.24 bits per heavy atom. The molecule has 0 unspecified atom stereocenters. The second-order valence-corrected chi connectivity index (χ2v) is 3.28. The van der Waals surface area contributed by atoms with Crippen LogP contribution in [0.4, 0.5) is 0 Å². The Bertz CT molecular complexity index is 199. The second-order valence-electron chi connectivity index (χ2n) is 3.28. The zero-order valence-electron chi connectivity index (χ0n) is 11.3. The van der Waals surface area contributed by atoms with Crippen molar-refractivity contribution in [2.75, 3.05) is 13.2 Å². The Kier molecular flexibility index (Phi) is 15.6.